The minimum atomic E-state index is -0.293. The molecule has 1 amide bonds. The maximum atomic E-state index is 12.9. The fourth-order valence-electron chi connectivity index (χ4n) is 2.96. The molecule has 7 heteroatoms. The molecule has 0 radical (unpaired) electrons. The van der Waals surface area contributed by atoms with Crippen LogP contribution in [0.2, 0.25) is 0 Å². The first kappa shape index (κ1) is 18.8. The van der Waals surface area contributed by atoms with E-state index in [2.05, 4.69) is 44.8 Å². The normalized spacial score (nSPS) is 10.6. The van der Waals surface area contributed by atoms with E-state index in [0.717, 1.165) is 39.3 Å². The fourth-order valence-corrected chi connectivity index (χ4v) is 3.52. The van der Waals surface area contributed by atoms with Crippen molar-refractivity contribution in [3.05, 3.63) is 78.1 Å². The monoisotopic (exact) mass is 402 g/mol. The van der Waals surface area contributed by atoms with Crippen molar-refractivity contribution in [2.24, 2.45) is 0 Å². The number of nitrogens with zero attached hydrogens (tertiary/aromatic N) is 3. The number of pyridine rings is 1. The summed E-state index contributed by atoms with van der Waals surface area (Å²) in [6, 6.07) is 20.2. The van der Waals surface area contributed by atoms with E-state index in [9.17, 15) is 4.79 Å². The summed E-state index contributed by atoms with van der Waals surface area (Å²) in [6.07, 6.45) is 1.59. The van der Waals surface area contributed by atoms with Gasteiger partial charge in [-0.2, -0.15) is 0 Å². The van der Waals surface area contributed by atoms with Crippen molar-refractivity contribution in [3.63, 3.8) is 0 Å². The Bertz CT molecular complexity index is 1140. The number of aryl methyl sites for hydroxylation is 1. The van der Waals surface area contributed by atoms with Crippen LogP contribution in [0.25, 0.3) is 22.3 Å². The Morgan fingerprint density at radius 2 is 1.66 bits per heavy atom. The van der Waals surface area contributed by atoms with Gasteiger partial charge >= 0.3 is 0 Å². The van der Waals surface area contributed by atoms with E-state index in [1.165, 1.54) is 7.11 Å². The van der Waals surface area contributed by atoms with Gasteiger partial charge < -0.3 is 4.74 Å². The number of carbonyl (C=O) groups excluding carboxylic acids is 1. The van der Waals surface area contributed by atoms with E-state index in [-0.39, 0.29) is 5.91 Å². The predicted octanol–water partition coefficient (Wildman–Crippen LogP) is 4.84. The number of benzene rings is 2. The number of anilines is 1. The molecule has 0 aliphatic rings. The van der Waals surface area contributed by atoms with E-state index in [4.69, 9.17) is 4.74 Å². The number of nitrogens with one attached hydrogen (secondary N) is 1. The zero-order valence-electron chi connectivity index (χ0n) is 15.9. The Hall–Kier alpha value is -3.58. The fraction of sp³-hybridized carbons (Fsp3) is 0.0909. The average molecular weight is 402 g/mol. The molecule has 2 aromatic carbocycles. The molecular formula is C22H18N4O2S. The molecule has 0 unspecified atom stereocenters. The molecule has 144 valence electrons. The number of hydrogen-bond acceptors (Lipinski definition) is 6. The molecule has 29 heavy (non-hydrogen) atoms. The van der Waals surface area contributed by atoms with Crippen LogP contribution < -0.4 is 10.1 Å². The largest absolute Gasteiger partial charge is 0.472 e. The van der Waals surface area contributed by atoms with Gasteiger partial charge in [-0.1, -0.05) is 59.7 Å². The predicted molar refractivity (Wildman–Crippen MR) is 114 cm³/mol. The highest BCUT2D eigenvalue weighted by molar-refractivity contribution is 7.17. The summed E-state index contributed by atoms with van der Waals surface area (Å²) >= 11 is 1.16. The highest BCUT2D eigenvalue weighted by atomic mass is 32.1. The van der Waals surface area contributed by atoms with Gasteiger partial charge in [0.15, 0.2) is 0 Å². The van der Waals surface area contributed by atoms with Crippen LogP contribution >= 0.6 is 11.3 Å². The molecule has 0 saturated heterocycles. The number of methoxy groups -OCH3 is 1. The number of rotatable bonds is 5. The zero-order valence-corrected chi connectivity index (χ0v) is 16.7. The summed E-state index contributed by atoms with van der Waals surface area (Å²) in [7, 11) is 1.51. The molecule has 0 fully saturated rings. The summed E-state index contributed by atoms with van der Waals surface area (Å²) in [4.78, 5) is 17.1. The zero-order chi connectivity index (χ0) is 20.2. The lowest BCUT2D eigenvalue weighted by Crippen LogP contribution is -2.13. The first-order valence-corrected chi connectivity index (χ1v) is 9.77. The van der Waals surface area contributed by atoms with Crippen molar-refractivity contribution in [2.45, 2.75) is 6.92 Å². The average Bonchev–Trinajstić information content (AvgIpc) is 3.22. The second-order valence-corrected chi connectivity index (χ2v) is 7.29. The first-order valence-electron chi connectivity index (χ1n) is 8.95. The number of hydrogen-bond donors (Lipinski definition) is 1. The Morgan fingerprint density at radius 1 is 0.966 bits per heavy atom. The van der Waals surface area contributed by atoms with Gasteiger partial charge in [-0.3, -0.25) is 15.1 Å². The smallest absolute Gasteiger partial charge is 0.295 e. The van der Waals surface area contributed by atoms with Gasteiger partial charge in [0.2, 0.25) is 5.13 Å². The molecule has 1 N–H and O–H groups in total. The lowest BCUT2D eigenvalue weighted by atomic mass is 9.97. The Labute approximate surface area is 172 Å². The van der Waals surface area contributed by atoms with Crippen LogP contribution in [-0.2, 0) is 0 Å². The standard InChI is InChI=1S/C22H18N4O2S/c1-14-12-18(17-10-8-16(9-11-17)15-6-4-3-5-7-15)19(13-23-14)20(27)24-21-25-26-22(28-2)29-21/h3-13H,1-2H3,(H,24,25,27). The second-order valence-electron chi connectivity index (χ2n) is 6.35. The van der Waals surface area contributed by atoms with Crippen LogP contribution in [0.15, 0.2) is 66.9 Å². The third-order valence-electron chi connectivity index (χ3n) is 4.39. The van der Waals surface area contributed by atoms with Gasteiger partial charge in [0, 0.05) is 11.9 Å². The summed E-state index contributed by atoms with van der Waals surface area (Å²) in [5.41, 5.74) is 5.32. The SMILES string of the molecule is COc1nnc(NC(=O)c2cnc(C)cc2-c2ccc(-c3ccccc3)cc2)s1. The van der Waals surface area contributed by atoms with Gasteiger partial charge in [-0.05, 0) is 46.6 Å². The molecule has 0 atom stereocenters. The van der Waals surface area contributed by atoms with Crippen molar-refractivity contribution >= 4 is 22.4 Å². The van der Waals surface area contributed by atoms with Crippen LogP contribution in [0, 0.1) is 6.92 Å². The highest BCUT2D eigenvalue weighted by Crippen LogP contribution is 2.29. The molecule has 0 saturated carbocycles. The van der Waals surface area contributed by atoms with Gasteiger partial charge in [0.25, 0.3) is 11.1 Å². The lowest BCUT2D eigenvalue weighted by Gasteiger charge is -2.11. The summed E-state index contributed by atoms with van der Waals surface area (Å²) in [5.74, 6) is -0.293. The van der Waals surface area contributed by atoms with Gasteiger partial charge in [-0.15, -0.1) is 5.10 Å². The number of carbonyl (C=O) groups is 1. The molecule has 0 bridgehead atoms. The summed E-state index contributed by atoms with van der Waals surface area (Å²) < 4.78 is 5.02. The van der Waals surface area contributed by atoms with E-state index >= 15 is 0 Å². The highest BCUT2D eigenvalue weighted by Gasteiger charge is 2.16. The van der Waals surface area contributed by atoms with E-state index in [1.807, 2.05) is 43.3 Å². The molecule has 4 aromatic rings. The number of ether oxygens (including phenoxy) is 1. The Balaban J connectivity index is 1.65. The maximum absolute atomic E-state index is 12.9. The number of amides is 1. The van der Waals surface area contributed by atoms with Crippen molar-refractivity contribution in [1.29, 1.82) is 0 Å². The van der Waals surface area contributed by atoms with Crippen LogP contribution in [0.1, 0.15) is 16.1 Å². The Morgan fingerprint density at radius 3 is 2.34 bits per heavy atom. The van der Waals surface area contributed by atoms with E-state index < -0.39 is 0 Å². The second kappa shape index (κ2) is 8.20. The quantitative estimate of drug-likeness (QED) is 0.517. The third-order valence-corrected chi connectivity index (χ3v) is 5.19. The molecule has 0 aliphatic heterocycles. The molecular weight excluding hydrogens is 384 g/mol. The molecule has 2 heterocycles. The van der Waals surface area contributed by atoms with Gasteiger partial charge in [0.05, 0.1) is 12.7 Å². The molecule has 0 aliphatic carbocycles. The van der Waals surface area contributed by atoms with E-state index in [0.29, 0.717) is 15.9 Å². The van der Waals surface area contributed by atoms with Crippen molar-refractivity contribution in [2.75, 3.05) is 12.4 Å². The van der Waals surface area contributed by atoms with Crippen LogP contribution in [0.3, 0.4) is 0 Å². The molecule has 0 spiro atoms. The van der Waals surface area contributed by atoms with Crippen molar-refractivity contribution in [1.82, 2.24) is 15.2 Å². The van der Waals surface area contributed by atoms with Gasteiger partial charge in [0.1, 0.15) is 0 Å². The first-order chi connectivity index (χ1) is 14.1. The maximum Gasteiger partial charge on any atom is 0.295 e. The van der Waals surface area contributed by atoms with Crippen molar-refractivity contribution in [3.8, 4) is 27.4 Å². The molecule has 2 aromatic heterocycles. The lowest BCUT2D eigenvalue weighted by molar-refractivity contribution is 0.102. The molecule has 4 rings (SSSR count). The summed E-state index contributed by atoms with van der Waals surface area (Å²) in [5, 5.41) is 11.3. The van der Waals surface area contributed by atoms with Crippen LogP contribution in [-0.4, -0.2) is 28.2 Å². The summed E-state index contributed by atoms with van der Waals surface area (Å²) in [6.45, 7) is 1.90. The van der Waals surface area contributed by atoms with E-state index in [1.54, 1.807) is 6.20 Å². The van der Waals surface area contributed by atoms with Gasteiger partial charge in [-0.25, -0.2) is 0 Å². The van der Waals surface area contributed by atoms with Crippen LogP contribution in [0.5, 0.6) is 5.19 Å². The number of aromatic nitrogens is 3. The minimum Gasteiger partial charge on any atom is -0.472 e. The Kier molecular flexibility index (Phi) is 5.31. The van der Waals surface area contributed by atoms with Crippen molar-refractivity contribution < 1.29 is 9.53 Å². The topological polar surface area (TPSA) is 77.0 Å². The minimum absolute atomic E-state index is 0.293. The third kappa shape index (κ3) is 4.14. The molecule has 6 nitrogen and oxygen atoms in total. The van der Waals surface area contributed by atoms with Crippen LogP contribution in [0.4, 0.5) is 5.13 Å².